The number of rotatable bonds is 5. The number of fused-ring (bicyclic) bond motifs is 3. The monoisotopic (exact) mass is 380 g/mol. The van der Waals surface area contributed by atoms with Gasteiger partial charge in [0, 0.05) is 24.2 Å². The minimum atomic E-state index is -0.345. The number of hydrogen-bond donors (Lipinski definition) is 1. The molecular formula is C20H20N4O4. The second kappa shape index (κ2) is 6.88. The Hall–Kier alpha value is -3.55. The molecule has 0 radical (unpaired) electrons. The summed E-state index contributed by atoms with van der Waals surface area (Å²) in [5.74, 6) is 1.75. The van der Waals surface area contributed by atoms with Gasteiger partial charge in [0.05, 0.1) is 12.6 Å². The first-order chi connectivity index (χ1) is 13.5. The maximum Gasteiger partial charge on any atom is 0.291 e. The maximum absolute atomic E-state index is 12.8. The molecule has 144 valence electrons. The highest BCUT2D eigenvalue weighted by molar-refractivity contribution is 5.83. The molecule has 0 spiro atoms. The SMILES string of the molecule is COc1ccccc1CNC(=O)Cn1nc(C)n2c(cc3oc(C)cc32)c1=O. The lowest BCUT2D eigenvalue weighted by Gasteiger charge is -2.11. The van der Waals surface area contributed by atoms with E-state index in [1.165, 1.54) is 4.68 Å². The molecule has 0 bridgehead atoms. The first-order valence-electron chi connectivity index (χ1n) is 8.86. The highest BCUT2D eigenvalue weighted by Crippen LogP contribution is 2.22. The van der Waals surface area contributed by atoms with E-state index in [1.54, 1.807) is 24.5 Å². The van der Waals surface area contributed by atoms with E-state index in [4.69, 9.17) is 9.15 Å². The number of nitrogens with one attached hydrogen (secondary N) is 1. The number of nitrogens with zero attached hydrogens (tertiary/aromatic N) is 3. The number of carbonyl (C=O) groups is 1. The second-order valence-corrected chi connectivity index (χ2v) is 6.57. The Morgan fingerprint density at radius 1 is 1.21 bits per heavy atom. The number of hydrogen-bond acceptors (Lipinski definition) is 5. The summed E-state index contributed by atoms with van der Waals surface area (Å²) in [4.78, 5) is 25.2. The average molecular weight is 380 g/mol. The van der Waals surface area contributed by atoms with Crippen molar-refractivity contribution < 1.29 is 13.9 Å². The Morgan fingerprint density at radius 3 is 2.79 bits per heavy atom. The largest absolute Gasteiger partial charge is 0.496 e. The Bertz CT molecular complexity index is 1250. The first kappa shape index (κ1) is 17.8. The van der Waals surface area contributed by atoms with Crippen molar-refractivity contribution in [1.29, 1.82) is 0 Å². The maximum atomic E-state index is 12.8. The minimum Gasteiger partial charge on any atom is -0.496 e. The summed E-state index contributed by atoms with van der Waals surface area (Å²) in [5.41, 5.74) is 2.36. The van der Waals surface area contributed by atoms with Crippen LogP contribution in [0.2, 0.25) is 0 Å². The number of para-hydroxylation sites is 1. The molecule has 0 aliphatic carbocycles. The standard InChI is InChI=1S/C20H20N4O4/c1-12-8-15-18(28-12)9-16-20(26)23(22-13(2)24(15)16)11-19(25)21-10-14-6-4-5-7-17(14)27-3/h4-9H,10-11H2,1-3H3,(H,21,25). The summed E-state index contributed by atoms with van der Waals surface area (Å²) in [5, 5.41) is 7.10. The van der Waals surface area contributed by atoms with Gasteiger partial charge in [0.25, 0.3) is 5.56 Å². The van der Waals surface area contributed by atoms with Crippen molar-refractivity contribution in [3.63, 3.8) is 0 Å². The number of aromatic nitrogens is 3. The fourth-order valence-corrected chi connectivity index (χ4v) is 3.36. The number of amides is 1. The van der Waals surface area contributed by atoms with E-state index in [1.807, 2.05) is 37.3 Å². The summed E-state index contributed by atoms with van der Waals surface area (Å²) < 4.78 is 13.8. The molecule has 8 heteroatoms. The average Bonchev–Trinajstić information content (AvgIpc) is 3.20. The van der Waals surface area contributed by atoms with Crippen LogP contribution in [0.15, 0.2) is 45.6 Å². The predicted molar refractivity (Wildman–Crippen MR) is 104 cm³/mol. The lowest BCUT2D eigenvalue weighted by Crippen LogP contribution is -2.34. The van der Waals surface area contributed by atoms with E-state index in [0.717, 1.165) is 16.8 Å². The van der Waals surface area contributed by atoms with Crippen LogP contribution in [-0.2, 0) is 17.9 Å². The molecule has 0 saturated carbocycles. The van der Waals surface area contributed by atoms with Crippen LogP contribution in [0.25, 0.3) is 16.6 Å². The number of aryl methyl sites for hydroxylation is 2. The lowest BCUT2D eigenvalue weighted by molar-refractivity contribution is -0.122. The summed E-state index contributed by atoms with van der Waals surface area (Å²) >= 11 is 0. The molecule has 0 aliphatic rings. The van der Waals surface area contributed by atoms with E-state index >= 15 is 0 Å². The van der Waals surface area contributed by atoms with Gasteiger partial charge in [0.15, 0.2) is 5.58 Å². The molecule has 0 fully saturated rings. The highest BCUT2D eigenvalue weighted by atomic mass is 16.5. The lowest BCUT2D eigenvalue weighted by atomic mass is 10.2. The molecule has 1 aromatic carbocycles. The Morgan fingerprint density at radius 2 is 2.00 bits per heavy atom. The Kier molecular flexibility index (Phi) is 4.38. The molecule has 8 nitrogen and oxygen atoms in total. The molecule has 3 heterocycles. The van der Waals surface area contributed by atoms with Crippen LogP contribution in [0.4, 0.5) is 0 Å². The third kappa shape index (κ3) is 3.02. The molecule has 0 saturated heterocycles. The molecule has 1 amide bonds. The third-order valence-corrected chi connectivity index (χ3v) is 4.62. The summed E-state index contributed by atoms with van der Waals surface area (Å²) in [6.45, 7) is 3.77. The molecule has 0 aliphatic heterocycles. The van der Waals surface area contributed by atoms with Crippen molar-refractivity contribution in [3.05, 3.63) is 63.9 Å². The zero-order chi connectivity index (χ0) is 19.8. The van der Waals surface area contributed by atoms with Crippen molar-refractivity contribution in [1.82, 2.24) is 19.5 Å². The van der Waals surface area contributed by atoms with E-state index in [9.17, 15) is 9.59 Å². The van der Waals surface area contributed by atoms with Crippen LogP contribution in [0.1, 0.15) is 17.1 Å². The van der Waals surface area contributed by atoms with Gasteiger partial charge in [-0.2, -0.15) is 5.10 Å². The molecule has 3 aromatic heterocycles. The summed E-state index contributed by atoms with van der Waals surface area (Å²) in [6.07, 6.45) is 0. The molecule has 28 heavy (non-hydrogen) atoms. The van der Waals surface area contributed by atoms with Crippen molar-refractivity contribution in [2.75, 3.05) is 7.11 Å². The Labute approximate surface area is 160 Å². The van der Waals surface area contributed by atoms with Crippen molar-refractivity contribution in [2.45, 2.75) is 26.9 Å². The Balaban J connectivity index is 1.58. The first-order valence-corrected chi connectivity index (χ1v) is 8.86. The normalized spacial score (nSPS) is 11.2. The second-order valence-electron chi connectivity index (χ2n) is 6.57. The van der Waals surface area contributed by atoms with E-state index < -0.39 is 0 Å². The van der Waals surface area contributed by atoms with Gasteiger partial charge in [0.2, 0.25) is 5.91 Å². The number of methoxy groups -OCH3 is 1. The number of benzene rings is 1. The minimum absolute atomic E-state index is 0.170. The fraction of sp³-hybridized carbons (Fsp3) is 0.250. The van der Waals surface area contributed by atoms with Crippen molar-refractivity contribution in [2.24, 2.45) is 0 Å². The topological polar surface area (TPSA) is 90.8 Å². The van der Waals surface area contributed by atoms with Gasteiger partial charge >= 0.3 is 0 Å². The smallest absolute Gasteiger partial charge is 0.291 e. The predicted octanol–water partition coefficient (Wildman–Crippen LogP) is 2.18. The van der Waals surface area contributed by atoms with Gasteiger partial charge in [-0.25, -0.2) is 4.68 Å². The molecule has 1 N–H and O–H groups in total. The number of furan rings is 1. The van der Waals surface area contributed by atoms with Gasteiger partial charge in [-0.15, -0.1) is 0 Å². The van der Waals surface area contributed by atoms with Gasteiger partial charge < -0.3 is 14.5 Å². The van der Waals surface area contributed by atoms with Crippen LogP contribution < -0.4 is 15.6 Å². The fourth-order valence-electron chi connectivity index (χ4n) is 3.36. The van der Waals surface area contributed by atoms with Crippen molar-refractivity contribution >= 4 is 22.5 Å². The quantitative estimate of drug-likeness (QED) is 0.573. The zero-order valence-corrected chi connectivity index (χ0v) is 15.9. The summed E-state index contributed by atoms with van der Waals surface area (Å²) in [6, 6.07) is 11.0. The molecule has 0 atom stereocenters. The molecule has 4 rings (SSSR count). The molecule has 4 aromatic rings. The van der Waals surface area contributed by atoms with E-state index in [2.05, 4.69) is 10.4 Å². The highest BCUT2D eigenvalue weighted by Gasteiger charge is 2.16. The van der Waals surface area contributed by atoms with E-state index in [-0.39, 0.29) is 18.0 Å². The summed E-state index contributed by atoms with van der Waals surface area (Å²) in [7, 11) is 1.58. The number of carbonyl (C=O) groups excluding carboxylic acids is 1. The van der Waals surface area contributed by atoms with Gasteiger partial charge in [-0.3, -0.25) is 14.0 Å². The van der Waals surface area contributed by atoms with Gasteiger partial charge in [-0.05, 0) is 19.9 Å². The molecular weight excluding hydrogens is 360 g/mol. The van der Waals surface area contributed by atoms with Crippen LogP contribution in [0, 0.1) is 13.8 Å². The van der Waals surface area contributed by atoms with E-state index in [0.29, 0.717) is 29.2 Å². The van der Waals surface area contributed by atoms with Gasteiger partial charge in [0.1, 0.15) is 29.4 Å². The van der Waals surface area contributed by atoms with Crippen molar-refractivity contribution in [3.8, 4) is 5.75 Å². The molecule has 0 unspecified atom stereocenters. The van der Waals surface area contributed by atoms with Crippen LogP contribution in [-0.4, -0.2) is 27.2 Å². The van der Waals surface area contributed by atoms with Crippen LogP contribution >= 0.6 is 0 Å². The van der Waals surface area contributed by atoms with Crippen LogP contribution in [0.5, 0.6) is 5.75 Å². The zero-order valence-electron chi connectivity index (χ0n) is 15.9. The van der Waals surface area contributed by atoms with Gasteiger partial charge in [-0.1, -0.05) is 18.2 Å². The number of ether oxygens (including phenoxy) is 1. The third-order valence-electron chi connectivity index (χ3n) is 4.62. The van der Waals surface area contributed by atoms with Crippen LogP contribution in [0.3, 0.4) is 0 Å².